The standard InChI is InChI=1S/C15H14BrNO2/c1-10-6-5-9-12(13(10)16)17-15(19)14(18)11-7-3-2-4-8-11/h2-9,14,18H,1H3,(H,17,19). The van der Waals surface area contributed by atoms with Gasteiger partial charge in [-0.25, -0.2) is 0 Å². The lowest BCUT2D eigenvalue weighted by Crippen LogP contribution is -2.21. The number of hydrogen-bond acceptors (Lipinski definition) is 2. The molecule has 2 aromatic carbocycles. The summed E-state index contributed by atoms with van der Waals surface area (Å²) < 4.78 is 0.823. The molecule has 3 nitrogen and oxygen atoms in total. The molecular weight excluding hydrogens is 306 g/mol. The van der Waals surface area contributed by atoms with Crippen molar-refractivity contribution in [1.82, 2.24) is 0 Å². The fourth-order valence-electron chi connectivity index (χ4n) is 1.73. The Kier molecular flexibility index (Phi) is 4.35. The summed E-state index contributed by atoms with van der Waals surface area (Å²) in [4.78, 5) is 12.0. The van der Waals surface area contributed by atoms with Gasteiger partial charge in [0.2, 0.25) is 0 Å². The number of hydrogen-bond donors (Lipinski definition) is 2. The van der Waals surface area contributed by atoms with E-state index < -0.39 is 12.0 Å². The second-order valence-electron chi connectivity index (χ2n) is 4.24. The third kappa shape index (κ3) is 3.22. The van der Waals surface area contributed by atoms with Crippen molar-refractivity contribution < 1.29 is 9.90 Å². The van der Waals surface area contributed by atoms with Crippen LogP contribution in [0.25, 0.3) is 0 Å². The molecular formula is C15H14BrNO2. The molecule has 0 aliphatic carbocycles. The van der Waals surface area contributed by atoms with Gasteiger partial charge < -0.3 is 10.4 Å². The Morgan fingerprint density at radius 1 is 1.16 bits per heavy atom. The van der Waals surface area contributed by atoms with Gasteiger partial charge in [0.25, 0.3) is 5.91 Å². The van der Waals surface area contributed by atoms with Crippen LogP contribution in [0, 0.1) is 6.92 Å². The van der Waals surface area contributed by atoms with Gasteiger partial charge in [-0.2, -0.15) is 0 Å². The van der Waals surface area contributed by atoms with Gasteiger partial charge in [-0.1, -0.05) is 42.5 Å². The lowest BCUT2D eigenvalue weighted by Gasteiger charge is -2.13. The summed E-state index contributed by atoms with van der Waals surface area (Å²) in [6.45, 7) is 1.94. The molecule has 0 fully saturated rings. The molecule has 4 heteroatoms. The van der Waals surface area contributed by atoms with Crippen molar-refractivity contribution in [1.29, 1.82) is 0 Å². The first-order chi connectivity index (χ1) is 9.09. The van der Waals surface area contributed by atoms with Crippen LogP contribution in [-0.2, 0) is 4.79 Å². The molecule has 0 radical (unpaired) electrons. The monoisotopic (exact) mass is 319 g/mol. The van der Waals surface area contributed by atoms with Gasteiger partial charge in [0.05, 0.1) is 5.69 Å². The second kappa shape index (κ2) is 5.99. The van der Waals surface area contributed by atoms with Gasteiger partial charge in [-0.15, -0.1) is 0 Å². The molecule has 0 aliphatic rings. The summed E-state index contributed by atoms with van der Waals surface area (Å²) in [6, 6.07) is 14.4. The Labute approximate surface area is 120 Å². The number of carbonyl (C=O) groups is 1. The molecule has 1 unspecified atom stereocenters. The van der Waals surface area contributed by atoms with E-state index in [0.717, 1.165) is 10.0 Å². The third-order valence-corrected chi connectivity index (χ3v) is 3.87. The number of aryl methyl sites for hydroxylation is 1. The van der Waals surface area contributed by atoms with Crippen LogP contribution in [0.3, 0.4) is 0 Å². The molecule has 0 aromatic heterocycles. The first kappa shape index (κ1) is 13.8. The zero-order valence-electron chi connectivity index (χ0n) is 10.4. The summed E-state index contributed by atoms with van der Waals surface area (Å²) in [5, 5.41) is 12.7. The van der Waals surface area contributed by atoms with E-state index in [1.54, 1.807) is 30.3 Å². The molecule has 2 N–H and O–H groups in total. The van der Waals surface area contributed by atoms with E-state index in [0.29, 0.717) is 11.3 Å². The molecule has 98 valence electrons. The highest BCUT2D eigenvalue weighted by Crippen LogP contribution is 2.26. The highest BCUT2D eigenvalue weighted by Gasteiger charge is 2.18. The van der Waals surface area contributed by atoms with E-state index in [2.05, 4.69) is 21.2 Å². The lowest BCUT2D eigenvalue weighted by molar-refractivity contribution is -0.124. The van der Waals surface area contributed by atoms with Crippen LogP contribution in [0.1, 0.15) is 17.2 Å². The van der Waals surface area contributed by atoms with E-state index in [4.69, 9.17) is 0 Å². The first-order valence-electron chi connectivity index (χ1n) is 5.88. The number of rotatable bonds is 3. The average Bonchev–Trinajstić information content (AvgIpc) is 2.44. The number of halogens is 1. The van der Waals surface area contributed by atoms with Crippen LogP contribution in [-0.4, -0.2) is 11.0 Å². The fourth-order valence-corrected chi connectivity index (χ4v) is 2.10. The van der Waals surface area contributed by atoms with Crippen molar-refractivity contribution in [3.8, 4) is 0 Å². The highest BCUT2D eigenvalue weighted by molar-refractivity contribution is 9.10. The second-order valence-corrected chi connectivity index (χ2v) is 5.03. The van der Waals surface area contributed by atoms with Gasteiger partial charge in [0, 0.05) is 4.47 Å². The summed E-state index contributed by atoms with van der Waals surface area (Å²) >= 11 is 3.42. The van der Waals surface area contributed by atoms with Crippen LogP contribution in [0.4, 0.5) is 5.69 Å². The Bertz CT molecular complexity index is 584. The number of aliphatic hydroxyl groups excluding tert-OH is 1. The Balaban J connectivity index is 2.15. The number of amides is 1. The number of aliphatic hydroxyl groups is 1. The Morgan fingerprint density at radius 2 is 1.84 bits per heavy atom. The van der Waals surface area contributed by atoms with Crippen molar-refractivity contribution in [3.63, 3.8) is 0 Å². The van der Waals surface area contributed by atoms with Crippen LogP contribution in [0.2, 0.25) is 0 Å². The average molecular weight is 320 g/mol. The maximum atomic E-state index is 12.0. The third-order valence-electron chi connectivity index (χ3n) is 2.81. The minimum atomic E-state index is -1.17. The maximum Gasteiger partial charge on any atom is 0.257 e. The predicted octanol–water partition coefficient (Wildman–Crippen LogP) is 3.43. The number of benzene rings is 2. The van der Waals surface area contributed by atoms with E-state index in [1.165, 1.54) is 0 Å². The van der Waals surface area contributed by atoms with E-state index in [1.807, 2.05) is 25.1 Å². The highest BCUT2D eigenvalue weighted by atomic mass is 79.9. The fraction of sp³-hybridized carbons (Fsp3) is 0.133. The normalized spacial score (nSPS) is 11.9. The van der Waals surface area contributed by atoms with Gasteiger partial charge >= 0.3 is 0 Å². The van der Waals surface area contributed by atoms with Crippen LogP contribution in [0.5, 0.6) is 0 Å². The van der Waals surface area contributed by atoms with E-state index in [-0.39, 0.29) is 0 Å². The largest absolute Gasteiger partial charge is 0.378 e. The van der Waals surface area contributed by atoms with Crippen LogP contribution < -0.4 is 5.32 Å². The Morgan fingerprint density at radius 3 is 2.53 bits per heavy atom. The molecule has 0 saturated carbocycles. The van der Waals surface area contributed by atoms with Crippen molar-refractivity contribution >= 4 is 27.5 Å². The number of carbonyl (C=O) groups excluding carboxylic acids is 1. The molecule has 0 bridgehead atoms. The van der Waals surface area contributed by atoms with Gasteiger partial charge in [-0.3, -0.25) is 4.79 Å². The summed E-state index contributed by atoms with van der Waals surface area (Å²) in [7, 11) is 0. The predicted molar refractivity (Wildman–Crippen MR) is 78.9 cm³/mol. The topological polar surface area (TPSA) is 49.3 Å². The van der Waals surface area contributed by atoms with Crippen molar-refractivity contribution in [3.05, 3.63) is 64.1 Å². The van der Waals surface area contributed by atoms with Crippen LogP contribution >= 0.6 is 15.9 Å². The molecule has 2 aromatic rings. The lowest BCUT2D eigenvalue weighted by atomic mass is 10.1. The van der Waals surface area contributed by atoms with Gasteiger partial charge in [0.1, 0.15) is 0 Å². The number of nitrogens with one attached hydrogen (secondary N) is 1. The minimum Gasteiger partial charge on any atom is -0.378 e. The van der Waals surface area contributed by atoms with Gasteiger partial charge in [0.15, 0.2) is 6.10 Å². The van der Waals surface area contributed by atoms with E-state index in [9.17, 15) is 9.90 Å². The molecule has 0 aliphatic heterocycles. The van der Waals surface area contributed by atoms with E-state index >= 15 is 0 Å². The minimum absolute atomic E-state index is 0.447. The molecule has 0 saturated heterocycles. The quantitative estimate of drug-likeness (QED) is 0.910. The van der Waals surface area contributed by atoms with Gasteiger partial charge in [-0.05, 0) is 40.0 Å². The molecule has 0 spiro atoms. The SMILES string of the molecule is Cc1cccc(NC(=O)C(O)c2ccccc2)c1Br. The zero-order chi connectivity index (χ0) is 13.8. The maximum absolute atomic E-state index is 12.0. The molecule has 2 rings (SSSR count). The molecule has 0 heterocycles. The van der Waals surface area contributed by atoms with Crippen molar-refractivity contribution in [2.75, 3.05) is 5.32 Å². The summed E-state index contributed by atoms with van der Waals surface area (Å²) in [5.74, 6) is -0.447. The van der Waals surface area contributed by atoms with Crippen LogP contribution in [0.15, 0.2) is 53.0 Å². The zero-order valence-corrected chi connectivity index (χ0v) is 12.0. The molecule has 1 amide bonds. The Hall–Kier alpha value is -1.65. The summed E-state index contributed by atoms with van der Waals surface area (Å²) in [5.41, 5.74) is 2.25. The smallest absolute Gasteiger partial charge is 0.257 e. The first-order valence-corrected chi connectivity index (χ1v) is 6.68. The summed E-state index contributed by atoms with van der Waals surface area (Å²) in [6.07, 6.45) is -1.17. The molecule has 19 heavy (non-hydrogen) atoms. The van der Waals surface area contributed by atoms with Crippen molar-refractivity contribution in [2.45, 2.75) is 13.0 Å². The number of anilines is 1. The van der Waals surface area contributed by atoms with Crippen molar-refractivity contribution in [2.24, 2.45) is 0 Å². The molecule has 1 atom stereocenters.